The Hall–Kier alpha value is 0.592. The van der Waals surface area contributed by atoms with E-state index < -0.39 is 31.6 Å². The van der Waals surface area contributed by atoms with Gasteiger partial charge in [-0.25, -0.2) is 0 Å². The summed E-state index contributed by atoms with van der Waals surface area (Å²) < 4.78 is 6.51. The normalized spacial score (nSPS) is 13.1. The molecule has 0 fully saturated rings. The van der Waals surface area contributed by atoms with E-state index in [1.54, 1.807) is 13.3 Å². The summed E-state index contributed by atoms with van der Waals surface area (Å²) in [4.78, 5) is 2.99. The van der Waals surface area contributed by atoms with Crippen molar-refractivity contribution in [3.8, 4) is 0 Å². The molecule has 0 spiro atoms. The molecule has 0 unspecified atom stereocenters. The molecule has 0 aliphatic rings. The summed E-state index contributed by atoms with van der Waals surface area (Å²) >= 11 is 2.06. The second kappa shape index (κ2) is 14.6. The van der Waals surface area contributed by atoms with E-state index in [4.69, 9.17) is 11.6 Å². The molecule has 0 saturated heterocycles. The molecular formula is C26H47ClGeSn. The SMILES string of the molecule is CCC[CH2][Sn]([CH2]CCC)([CH2]CCC)/[C](=[CH]\[Ge]([CH2]C)([CH2]C)[CH2]C)c1cccc(Cl)c1. The van der Waals surface area contributed by atoms with Crippen LogP contribution in [0.1, 0.15) is 85.6 Å². The van der Waals surface area contributed by atoms with Crippen LogP contribution in [0.3, 0.4) is 0 Å². The molecule has 0 bridgehead atoms. The van der Waals surface area contributed by atoms with Gasteiger partial charge >= 0.3 is 196 Å². The van der Waals surface area contributed by atoms with Gasteiger partial charge in [0.05, 0.1) is 0 Å². The van der Waals surface area contributed by atoms with Gasteiger partial charge in [0, 0.05) is 0 Å². The Morgan fingerprint density at radius 3 is 1.69 bits per heavy atom. The van der Waals surface area contributed by atoms with Gasteiger partial charge in [-0.05, 0) is 0 Å². The zero-order valence-corrected chi connectivity index (χ0v) is 26.0. The fourth-order valence-electron chi connectivity index (χ4n) is 4.89. The van der Waals surface area contributed by atoms with Crippen molar-refractivity contribution >= 4 is 46.8 Å². The van der Waals surface area contributed by atoms with E-state index in [-0.39, 0.29) is 0 Å². The second-order valence-corrected chi connectivity index (χ2v) is 33.4. The first-order valence-electron chi connectivity index (χ1n) is 12.5. The Morgan fingerprint density at radius 2 is 1.31 bits per heavy atom. The summed E-state index contributed by atoms with van der Waals surface area (Å²) in [6.07, 6.45) is 8.27. The summed E-state index contributed by atoms with van der Waals surface area (Å²) in [5.74, 6) is 0. The van der Waals surface area contributed by atoms with E-state index in [9.17, 15) is 0 Å². The summed E-state index contributed by atoms with van der Waals surface area (Å²) in [5.41, 5.74) is 1.50. The zero-order chi connectivity index (χ0) is 21.8. The molecule has 1 rings (SSSR count). The van der Waals surface area contributed by atoms with Gasteiger partial charge in [-0.2, -0.15) is 0 Å². The van der Waals surface area contributed by atoms with Crippen LogP contribution in [0.2, 0.25) is 34.1 Å². The van der Waals surface area contributed by atoms with Crippen molar-refractivity contribution in [1.29, 1.82) is 0 Å². The fourth-order valence-corrected chi connectivity index (χ4v) is 36.3. The molecule has 0 atom stereocenters. The quantitative estimate of drug-likeness (QED) is 0.180. The minimum atomic E-state index is -2.52. The van der Waals surface area contributed by atoms with E-state index >= 15 is 0 Å². The maximum absolute atomic E-state index is 6.54. The minimum absolute atomic E-state index is 0.914. The Morgan fingerprint density at radius 1 is 0.828 bits per heavy atom. The molecule has 1 aromatic carbocycles. The average molecular weight is 586 g/mol. The number of hydrogen-bond acceptors (Lipinski definition) is 0. The van der Waals surface area contributed by atoms with Crippen LogP contribution in [0.15, 0.2) is 29.2 Å². The standard InChI is InChI=1S/C14H20ClGe.3C4H9.Sn/c1-4-16(5-2,6-3)11-10-13-8-7-9-14(15)12-13;3*1-3-4-2;/h7-9,11-12H,4-6H2,1-3H3;3*1,3-4H2,2H3;. The monoisotopic (exact) mass is 588 g/mol. The van der Waals surface area contributed by atoms with Crippen molar-refractivity contribution in [3.05, 3.63) is 39.8 Å². The summed E-state index contributed by atoms with van der Waals surface area (Å²) in [6, 6.07) is 8.94. The maximum atomic E-state index is 6.54. The molecule has 0 aliphatic heterocycles. The Balaban J connectivity index is 3.71. The molecule has 0 amide bonds. The van der Waals surface area contributed by atoms with Gasteiger partial charge in [0.2, 0.25) is 0 Å². The Bertz CT molecular complexity index is 576. The molecule has 29 heavy (non-hydrogen) atoms. The van der Waals surface area contributed by atoms with Crippen LogP contribution < -0.4 is 0 Å². The van der Waals surface area contributed by atoms with Gasteiger partial charge in [0.15, 0.2) is 0 Å². The van der Waals surface area contributed by atoms with Crippen molar-refractivity contribution in [2.45, 2.75) is 109 Å². The first-order chi connectivity index (χ1) is 14.0. The molecule has 0 radical (unpaired) electrons. The predicted octanol–water partition coefficient (Wildman–Crippen LogP) is 10.2. The van der Waals surface area contributed by atoms with Crippen LogP contribution in [0.25, 0.3) is 3.59 Å². The van der Waals surface area contributed by atoms with Crippen molar-refractivity contribution in [1.82, 2.24) is 0 Å². The van der Waals surface area contributed by atoms with Crippen LogP contribution >= 0.6 is 11.6 Å². The number of unbranched alkanes of at least 4 members (excludes halogenated alkanes) is 3. The summed E-state index contributed by atoms with van der Waals surface area (Å²) in [5, 5.41) is 5.19. The van der Waals surface area contributed by atoms with E-state index in [2.05, 4.69) is 70.7 Å². The Kier molecular flexibility index (Phi) is 13.9. The van der Waals surface area contributed by atoms with Crippen molar-refractivity contribution in [2.24, 2.45) is 0 Å². The van der Waals surface area contributed by atoms with Gasteiger partial charge in [-0.3, -0.25) is 0 Å². The Labute approximate surface area is 194 Å². The molecule has 3 heteroatoms. The van der Waals surface area contributed by atoms with Crippen LogP contribution in [0.5, 0.6) is 0 Å². The molecule has 0 aliphatic carbocycles. The van der Waals surface area contributed by atoms with E-state index in [1.165, 1.54) is 59.8 Å². The van der Waals surface area contributed by atoms with Gasteiger partial charge in [0.25, 0.3) is 0 Å². The molecular weight excluding hydrogens is 539 g/mol. The van der Waals surface area contributed by atoms with Gasteiger partial charge < -0.3 is 0 Å². The molecule has 0 nitrogen and oxygen atoms in total. The van der Waals surface area contributed by atoms with E-state index in [0.717, 1.165) is 5.02 Å². The van der Waals surface area contributed by atoms with Crippen LogP contribution in [0, 0.1) is 0 Å². The summed E-state index contributed by atoms with van der Waals surface area (Å²) in [7, 11) is 0. The first kappa shape index (κ1) is 27.6. The van der Waals surface area contributed by atoms with Crippen LogP contribution in [-0.2, 0) is 0 Å². The van der Waals surface area contributed by atoms with Crippen LogP contribution in [-0.4, -0.2) is 31.6 Å². The number of halogens is 1. The molecule has 166 valence electrons. The molecule has 1 aromatic rings. The third-order valence-electron chi connectivity index (χ3n) is 7.30. The van der Waals surface area contributed by atoms with Crippen molar-refractivity contribution in [2.75, 3.05) is 0 Å². The molecule has 0 N–H and O–H groups in total. The predicted molar refractivity (Wildman–Crippen MR) is 142 cm³/mol. The third-order valence-corrected chi connectivity index (χ3v) is 35.7. The van der Waals surface area contributed by atoms with Crippen molar-refractivity contribution < 1.29 is 0 Å². The second-order valence-electron chi connectivity index (χ2n) is 9.08. The topological polar surface area (TPSA) is 0 Å². The third kappa shape index (κ3) is 8.22. The number of rotatable bonds is 15. The average Bonchev–Trinajstić information content (AvgIpc) is 2.75. The van der Waals surface area contributed by atoms with E-state index in [1.807, 2.05) is 3.59 Å². The summed E-state index contributed by atoms with van der Waals surface area (Å²) in [6.45, 7) is 14.6. The van der Waals surface area contributed by atoms with Gasteiger partial charge in [-0.15, -0.1) is 0 Å². The number of benzene rings is 1. The molecule has 0 heterocycles. The van der Waals surface area contributed by atoms with E-state index in [0.29, 0.717) is 0 Å². The van der Waals surface area contributed by atoms with Gasteiger partial charge in [-0.1, -0.05) is 0 Å². The fraction of sp³-hybridized carbons (Fsp3) is 0.692. The first-order valence-corrected chi connectivity index (χ1v) is 26.0. The van der Waals surface area contributed by atoms with Crippen molar-refractivity contribution in [3.63, 3.8) is 0 Å². The van der Waals surface area contributed by atoms with Crippen LogP contribution in [0.4, 0.5) is 0 Å². The zero-order valence-electron chi connectivity index (χ0n) is 20.2. The van der Waals surface area contributed by atoms with Gasteiger partial charge in [0.1, 0.15) is 0 Å². The molecule has 0 aromatic heterocycles. The molecule has 0 saturated carbocycles. The number of hydrogen-bond donors (Lipinski definition) is 0.